The molecule has 0 radical (unpaired) electrons. The predicted octanol–water partition coefficient (Wildman–Crippen LogP) is 3.60. The van der Waals surface area contributed by atoms with E-state index in [0.29, 0.717) is 11.7 Å². The summed E-state index contributed by atoms with van der Waals surface area (Å²) >= 11 is 0. The number of benzene rings is 2. The molecule has 2 N–H and O–H groups in total. The maximum atomic E-state index is 13.2. The molecule has 5 heteroatoms. The van der Waals surface area contributed by atoms with Crippen LogP contribution in [0.3, 0.4) is 0 Å². The van der Waals surface area contributed by atoms with E-state index in [1.54, 1.807) is 12.4 Å². The molecule has 26 heavy (non-hydrogen) atoms. The minimum atomic E-state index is 0.110. The van der Waals surface area contributed by atoms with Crippen molar-refractivity contribution in [3.63, 3.8) is 0 Å². The summed E-state index contributed by atoms with van der Waals surface area (Å²) in [6.45, 7) is 0.814. The fourth-order valence-corrected chi connectivity index (χ4v) is 4.74. The fraction of sp³-hybridized carbons (Fsp3) is 0.333. The van der Waals surface area contributed by atoms with E-state index in [1.807, 2.05) is 30.3 Å². The lowest BCUT2D eigenvalue weighted by Crippen LogP contribution is -2.49. The first kappa shape index (κ1) is 15.4. The van der Waals surface area contributed by atoms with Gasteiger partial charge < -0.3 is 15.0 Å². The van der Waals surface area contributed by atoms with Crippen LogP contribution in [0.1, 0.15) is 46.7 Å². The first-order valence-corrected chi connectivity index (χ1v) is 9.26. The van der Waals surface area contributed by atoms with Gasteiger partial charge in [0.2, 0.25) is 0 Å². The first-order chi connectivity index (χ1) is 12.7. The number of likely N-dealkylation sites (tertiary alicyclic amines) is 1. The summed E-state index contributed by atoms with van der Waals surface area (Å²) in [5.41, 5.74) is 5.04. The van der Waals surface area contributed by atoms with Gasteiger partial charge in [-0.25, -0.2) is 4.98 Å². The van der Waals surface area contributed by atoms with E-state index in [4.69, 9.17) is 0 Å². The molecule has 1 aliphatic heterocycles. The van der Waals surface area contributed by atoms with Gasteiger partial charge in [-0.05, 0) is 67.1 Å². The third kappa shape index (κ3) is 2.38. The molecule has 2 unspecified atom stereocenters. The quantitative estimate of drug-likeness (QED) is 0.707. The SMILES string of the molecule is O=C(c1ccc2nc[nH]c2c1)N1CCCC2c3ccc(O)cc3CCC21. The number of carbonyl (C=O) groups excluding carboxylic acids is 1. The maximum absolute atomic E-state index is 13.2. The number of hydrogen-bond acceptors (Lipinski definition) is 3. The first-order valence-electron chi connectivity index (χ1n) is 9.26. The number of aromatic nitrogens is 2. The highest BCUT2D eigenvalue weighted by Gasteiger charge is 2.38. The zero-order valence-electron chi connectivity index (χ0n) is 14.5. The topological polar surface area (TPSA) is 69.2 Å². The summed E-state index contributed by atoms with van der Waals surface area (Å²) in [6, 6.07) is 11.6. The summed E-state index contributed by atoms with van der Waals surface area (Å²) in [6.07, 6.45) is 5.64. The maximum Gasteiger partial charge on any atom is 0.254 e. The summed E-state index contributed by atoms with van der Waals surface area (Å²) < 4.78 is 0. The van der Waals surface area contributed by atoms with Crippen LogP contribution in [-0.4, -0.2) is 38.5 Å². The number of nitrogens with zero attached hydrogens (tertiary/aromatic N) is 2. The van der Waals surface area contributed by atoms with E-state index in [2.05, 4.69) is 14.9 Å². The lowest BCUT2D eigenvalue weighted by molar-refractivity contribution is 0.0547. The zero-order chi connectivity index (χ0) is 17.7. The smallest absolute Gasteiger partial charge is 0.254 e. The molecule has 2 aliphatic rings. The van der Waals surface area contributed by atoms with Crippen LogP contribution < -0.4 is 0 Å². The molecule has 1 aliphatic carbocycles. The number of aromatic amines is 1. The molecule has 1 fully saturated rings. The Morgan fingerprint density at radius 3 is 3.04 bits per heavy atom. The van der Waals surface area contributed by atoms with Crippen molar-refractivity contribution < 1.29 is 9.90 Å². The Morgan fingerprint density at radius 1 is 1.19 bits per heavy atom. The van der Waals surface area contributed by atoms with Crippen LogP contribution in [0.25, 0.3) is 11.0 Å². The van der Waals surface area contributed by atoms with E-state index in [9.17, 15) is 9.90 Å². The third-order valence-corrected chi connectivity index (χ3v) is 5.94. The normalized spacial score (nSPS) is 22.1. The largest absolute Gasteiger partial charge is 0.508 e. The molecule has 0 spiro atoms. The van der Waals surface area contributed by atoms with Crippen molar-refractivity contribution in [3.05, 3.63) is 59.4 Å². The fourth-order valence-electron chi connectivity index (χ4n) is 4.74. The standard InChI is InChI=1S/C21H21N3O2/c25-15-5-6-16-13(10-15)4-8-20-17(16)2-1-9-24(20)21(26)14-3-7-18-19(11-14)23-12-22-18/h3,5-7,10-12,17,20,25H,1-2,4,8-9H2,(H,22,23). The van der Waals surface area contributed by atoms with Crippen LogP contribution in [0, 0.1) is 0 Å². The predicted molar refractivity (Wildman–Crippen MR) is 99.3 cm³/mol. The second-order valence-corrected chi connectivity index (χ2v) is 7.37. The van der Waals surface area contributed by atoms with Crippen molar-refractivity contribution in [3.8, 4) is 5.75 Å². The van der Waals surface area contributed by atoms with Crippen molar-refractivity contribution in [1.29, 1.82) is 0 Å². The van der Waals surface area contributed by atoms with Gasteiger partial charge in [0.25, 0.3) is 5.91 Å². The highest BCUT2D eigenvalue weighted by atomic mass is 16.3. The van der Waals surface area contributed by atoms with Gasteiger partial charge in [-0.15, -0.1) is 0 Å². The Hall–Kier alpha value is -2.82. The lowest BCUT2D eigenvalue weighted by atomic mass is 9.74. The molecule has 132 valence electrons. The van der Waals surface area contributed by atoms with Gasteiger partial charge in [-0.2, -0.15) is 0 Å². The number of H-pyrrole nitrogens is 1. The van der Waals surface area contributed by atoms with Gasteiger partial charge in [-0.3, -0.25) is 4.79 Å². The monoisotopic (exact) mass is 347 g/mol. The highest BCUT2D eigenvalue weighted by molar-refractivity contribution is 5.97. The van der Waals surface area contributed by atoms with Crippen LogP contribution in [0.2, 0.25) is 0 Å². The molecule has 0 saturated carbocycles. The lowest BCUT2D eigenvalue weighted by Gasteiger charge is -2.45. The summed E-state index contributed by atoms with van der Waals surface area (Å²) in [5, 5.41) is 9.77. The van der Waals surface area contributed by atoms with Crippen LogP contribution in [0.15, 0.2) is 42.7 Å². The van der Waals surface area contributed by atoms with Gasteiger partial charge in [0, 0.05) is 24.1 Å². The van der Waals surface area contributed by atoms with Crippen molar-refractivity contribution in [2.45, 2.75) is 37.6 Å². The number of nitrogens with one attached hydrogen (secondary N) is 1. The van der Waals surface area contributed by atoms with Crippen LogP contribution >= 0.6 is 0 Å². The molecular weight excluding hydrogens is 326 g/mol. The van der Waals surface area contributed by atoms with Crippen LogP contribution in [-0.2, 0) is 6.42 Å². The van der Waals surface area contributed by atoms with Gasteiger partial charge in [0.1, 0.15) is 5.75 Å². The molecule has 1 amide bonds. The molecule has 2 heterocycles. The summed E-state index contributed by atoms with van der Waals surface area (Å²) in [7, 11) is 0. The van der Waals surface area contributed by atoms with Crippen LogP contribution in [0.5, 0.6) is 5.75 Å². The minimum absolute atomic E-state index is 0.110. The molecule has 1 saturated heterocycles. The molecular formula is C21H21N3O2. The summed E-state index contributed by atoms with van der Waals surface area (Å²) in [4.78, 5) is 22.6. The number of imidazole rings is 1. The van der Waals surface area contributed by atoms with Crippen molar-refractivity contribution in [2.75, 3.05) is 6.54 Å². The van der Waals surface area contributed by atoms with Crippen molar-refractivity contribution in [1.82, 2.24) is 14.9 Å². The van der Waals surface area contributed by atoms with E-state index in [-0.39, 0.29) is 11.9 Å². The van der Waals surface area contributed by atoms with E-state index in [0.717, 1.165) is 48.8 Å². The van der Waals surface area contributed by atoms with Crippen molar-refractivity contribution >= 4 is 16.9 Å². The minimum Gasteiger partial charge on any atom is -0.508 e. The Kier molecular flexibility index (Phi) is 3.48. The average molecular weight is 347 g/mol. The van der Waals surface area contributed by atoms with Crippen LogP contribution in [0.4, 0.5) is 0 Å². The zero-order valence-corrected chi connectivity index (χ0v) is 14.5. The Labute approximate surface area is 151 Å². The molecule has 2 atom stereocenters. The highest BCUT2D eigenvalue weighted by Crippen LogP contribution is 2.42. The van der Waals surface area contributed by atoms with E-state index in [1.165, 1.54) is 11.1 Å². The molecule has 5 rings (SSSR count). The average Bonchev–Trinajstić information content (AvgIpc) is 3.14. The van der Waals surface area contributed by atoms with Gasteiger partial charge in [-0.1, -0.05) is 6.07 Å². The Morgan fingerprint density at radius 2 is 2.12 bits per heavy atom. The molecule has 2 aromatic carbocycles. The third-order valence-electron chi connectivity index (χ3n) is 5.94. The number of aromatic hydroxyl groups is 1. The van der Waals surface area contributed by atoms with Crippen molar-refractivity contribution in [2.24, 2.45) is 0 Å². The second kappa shape index (κ2) is 5.87. The van der Waals surface area contributed by atoms with E-state index >= 15 is 0 Å². The molecule has 1 aromatic heterocycles. The number of hydrogen-bond donors (Lipinski definition) is 2. The molecule has 3 aromatic rings. The second-order valence-electron chi connectivity index (χ2n) is 7.37. The number of carbonyl (C=O) groups is 1. The summed E-state index contributed by atoms with van der Waals surface area (Å²) in [5.74, 6) is 0.810. The Balaban J connectivity index is 1.47. The number of phenolic OH excluding ortho intramolecular Hbond substituents is 1. The number of amides is 1. The number of phenols is 1. The van der Waals surface area contributed by atoms with Gasteiger partial charge in [0.05, 0.1) is 17.4 Å². The Bertz CT molecular complexity index is 994. The molecule has 0 bridgehead atoms. The number of piperidine rings is 1. The molecule has 5 nitrogen and oxygen atoms in total. The number of fused-ring (bicyclic) bond motifs is 4. The van der Waals surface area contributed by atoms with Gasteiger partial charge >= 0.3 is 0 Å². The van der Waals surface area contributed by atoms with Gasteiger partial charge in [0.15, 0.2) is 0 Å². The number of rotatable bonds is 1. The number of aryl methyl sites for hydroxylation is 1. The van der Waals surface area contributed by atoms with E-state index < -0.39 is 0 Å².